The van der Waals surface area contributed by atoms with Crippen LogP contribution in [0.15, 0.2) is 0 Å². The lowest BCUT2D eigenvalue weighted by Gasteiger charge is -2.22. The Bertz CT molecular complexity index is 130. The summed E-state index contributed by atoms with van der Waals surface area (Å²) in [5, 5.41) is 34.0. The number of rotatable bonds is 3. The van der Waals surface area contributed by atoms with Gasteiger partial charge in [-0.2, -0.15) is 0 Å². The molecular formula is C5H10O5. The first-order chi connectivity index (χ1) is 4.42. The third kappa shape index (κ3) is 1.66. The average Bonchev–Trinajstić information content (AvgIpc) is 1.86. The number of carboxylic acid groups (broad SMARTS) is 1. The van der Waals surface area contributed by atoms with Crippen molar-refractivity contribution in [1.29, 1.82) is 0 Å². The van der Waals surface area contributed by atoms with E-state index in [1.165, 1.54) is 0 Å². The molecule has 0 fully saturated rings. The summed E-state index contributed by atoms with van der Waals surface area (Å²) < 4.78 is 0. The Hall–Kier alpha value is -0.650. The van der Waals surface area contributed by atoms with Gasteiger partial charge in [0.2, 0.25) is 0 Å². The van der Waals surface area contributed by atoms with Crippen molar-refractivity contribution in [3.63, 3.8) is 0 Å². The Labute approximate surface area is 57.5 Å². The van der Waals surface area contributed by atoms with Crippen molar-refractivity contribution in [2.24, 2.45) is 0 Å². The minimum atomic E-state index is -2.27. The molecule has 5 heteroatoms. The Morgan fingerprint density at radius 3 is 2.20 bits per heavy atom. The van der Waals surface area contributed by atoms with Crippen molar-refractivity contribution in [2.45, 2.75) is 18.6 Å². The number of carbonyl (C=O) groups is 1. The molecule has 0 amide bonds. The Morgan fingerprint density at radius 2 is 2.10 bits per heavy atom. The molecule has 0 aliphatic carbocycles. The molecule has 0 saturated heterocycles. The van der Waals surface area contributed by atoms with Gasteiger partial charge in [-0.25, -0.2) is 4.79 Å². The molecule has 0 saturated carbocycles. The second kappa shape index (κ2) is 2.96. The van der Waals surface area contributed by atoms with E-state index in [1.54, 1.807) is 0 Å². The van der Waals surface area contributed by atoms with E-state index in [0.717, 1.165) is 6.92 Å². The lowest BCUT2D eigenvalue weighted by Crippen LogP contribution is -2.48. The Kier molecular flexibility index (Phi) is 2.77. The largest absolute Gasteiger partial charge is 0.479 e. The first kappa shape index (κ1) is 9.35. The van der Waals surface area contributed by atoms with E-state index in [2.05, 4.69) is 0 Å². The predicted octanol–water partition coefficient (Wildman–Crippen LogP) is -1.82. The second-order valence-electron chi connectivity index (χ2n) is 2.15. The molecule has 0 aliphatic rings. The molecule has 0 heterocycles. The highest BCUT2D eigenvalue weighted by atomic mass is 16.4. The van der Waals surface area contributed by atoms with Crippen LogP contribution in [0.2, 0.25) is 0 Å². The smallest absolute Gasteiger partial charge is 0.338 e. The van der Waals surface area contributed by atoms with Crippen LogP contribution in [-0.4, -0.2) is 44.7 Å². The molecular weight excluding hydrogens is 140 g/mol. The van der Waals surface area contributed by atoms with E-state index in [-0.39, 0.29) is 0 Å². The minimum Gasteiger partial charge on any atom is -0.479 e. The number of hydrogen-bond donors (Lipinski definition) is 4. The molecule has 0 rings (SSSR count). The highest BCUT2D eigenvalue weighted by Crippen LogP contribution is 2.08. The summed E-state index contributed by atoms with van der Waals surface area (Å²) >= 11 is 0. The number of aliphatic hydroxyl groups is 3. The van der Waals surface area contributed by atoms with Crippen LogP contribution in [0, 0.1) is 0 Å². The maximum atomic E-state index is 10.1. The van der Waals surface area contributed by atoms with E-state index in [0.29, 0.717) is 0 Å². The maximum absolute atomic E-state index is 10.1. The number of carboxylic acids is 1. The average molecular weight is 150 g/mol. The topological polar surface area (TPSA) is 98.0 Å². The van der Waals surface area contributed by atoms with Crippen molar-refractivity contribution >= 4 is 5.97 Å². The van der Waals surface area contributed by atoms with Crippen LogP contribution >= 0.6 is 0 Å². The van der Waals surface area contributed by atoms with Crippen LogP contribution in [0.3, 0.4) is 0 Å². The summed E-state index contributed by atoms with van der Waals surface area (Å²) in [5.41, 5.74) is -2.27. The van der Waals surface area contributed by atoms with Gasteiger partial charge in [0.1, 0.15) is 6.10 Å². The van der Waals surface area contributed by atoms with E-state index in [1.807, 2.05) is 0 Å². The summed E-state index contributed by atoms with van der Waals surface area (Å²) in [6.07, 6.45) is -1.65. The van der Waals surface area contributed by atoms with Crippen molar-refractivity contribution in [2.75, 3.05) is 6.61 Å². The van der Waals surface area contributed by atoms with Crippen molar-refractivity contribution in [3.05, 3.63) is 0 Å². The monoisotopic (exact) mass is 150 g/mol. The lowest BCUT2D eigenvalue weighted by molar-refractivity contribution is -0.171. The summed E-state index contributed by atoms with van der Waals surface area (Å²) in [7, 11) is 0. The predicted molar refractivity (Wildman–Crippen MR) is 31.4 cm³/mol. The fourth-order valence-corrected chi connectivity index (χ4v) is 0.320. The SMILES string of the molecule is C[C@@](O)(C(=O)O)C(O)CO. The quantitative estimate of drug-likeness (QED) is 0.379. The fourth-order valence-electron chi connectivity index (χ4n) is 0.320. The third-order valence-electron chi connectivity index (χ3n) is 1.25. The molecule has 60 valence electrons. The van der Waals surface area contributed by atoms with E-state index in [4.69, 9.17) is 20.4 Å². The van der Waals surface area contributed by atoms with Gasteiger partial charge in [0, 0.05) is 0 Å². The molecule has 1 unspecified atom stereocenters. The fraction of sp³-hybridized carbons (Fsp3) is 0.800. The van der Waals surface area contributed by atoms with Gasteiger partial charge in [0.15, 0.2) is 5.60 Å². The van der Waals surface area contributed by atoms with Gasteiger partial charge < -0.3 is 20.4 Å². The van der Waals surface area contributed by atoms with Gasteiger partial charge in [-0.05, 0) is 6.92 Å². The van der Waals surface area contributed by atoms with Crippen molar-refractivity contribution in [1.82, 2.24) is 0 Å². The molecule has 0 aromatic carbocycles. The highest BCUT2D eigenvalue weighted by Gasteiger charge is 2.37. The number of aliphatic hydroxyl groups excluding tert-OH is 2. The van der Waals surface area contributed by atoms with Gasteiger partial charge >= 0.3 is 5.97 Å². The molecule has 0 aromatic rings. The molecule has 0 aromatic heterocycles. The van der Waals surface area contributed by atoms with Crippen LogP contribution in [0.1, 0.15) is 6.92 Å². The van der Waals surface area contributed by atoms with Crippen LogP contribution < -0.4 is 0 Å². The maximum Gasteiger partial charge on any atom is 0.338 e. The molecule has 0 spiro atoms. The van der Waals surface area contributed by atoms with Crippen molar-refractivity contribution in [3.8, 4) is 0 Å². The van der Waals surface area contributed by atoms with Gasteiger partial charge in [-0.1, -0.05) is 0 Å². The molecule has 4 N–H and O–H groups in total. The van der Waals surface area contributed by atoms with Gasteiger partial charge in [-0.15, -0.1) is 0 Å². The first-order valence-electron chi connectivity index (χ1n) is 2.67. The molecule has 5 nitrogen and oxygen atoms in total. The highest BCUT2D eigenvalue weighted by molar-refractivity contribution is 5.77. The molecule has 0 aliphatic heterocycles. The van der Waals surface area contributed by atoms with Crippen LogP contribution in [-0.2, 0) is 4.79 Å². The summed E-state index contributed by atoms with van der Waals surface area (Å²) in [6.45, 7) is 0.134. The van der Waals surface area contributed by atoms with E-state index < -0.39 is 24.3 Å². The second-order valence-corrected chi connectivity index (χ2v) is 2.15. The van der Waals surface area contributed by atoms with Gasteiger partial charge in [-0.3, -0.25) is 0 Å². The van der Waals surface area contributed by atoms with Crippen LogP contribution in [0.25, 0.3) is 0 Å². The minimum absolute atomic E-state index is 0.778. The van der Waals surface area contributed by atoms with E-state index >= 15 is 0 Å². The summed E-state index contributed by atoms with van der Waals surface area (Å²) in [4.78, 5) is 10.1. The zero-order valence-electron chi connectivity index (χ0n) is 5.48. The summed E-state index contributed by atoms with van der Waals surface area (Å²) in [5.74, 6) is -1.56. The Morgan fingerprint density at radius 1 is 1.70 bits per heavy atom. The molecule has 10 heavy (non-hydrogen) atoms. The van der Waals surface area contributed by atoms with Gasteiger partial charge in [0.05, 0.1) is 6.61 Å². The van der Waals surface area contributed by atoms with E-state index in [9.17, 15) is 4.79 Å². The standard InChI is InChI=1S/C5H10O5/c1-5(10,4(8)9)3(7)2-6/h3,6-7,10H,2H2,1H3,(H,8,9)/t3?,5-/m0/s1. The van der Waals surface area contributed by atoms with Crippen LogP contribution in [0.4, 0.5) is 0 Å². The Balaban J connectivity index is 4.23. The zero-order valence-corrected chi connectivity index (χ0v) is 5.48. The first-order valence-corrected chi connectivity index (χ1v) is 2.67. The normalized spacial score (nSPS) is 19.6. The van der Waals surface area contributed by atoms with Crippen LogP contribution in [0.5, 0.6) is 0 Å². The molecule has 2 atom stereocenters. The van der Waals surface area contributed by atoms with Gasteiger partial charge in [0.25, 0.3) is 0 Å². The van der Waals surface area contributed by atoms with Crippen molar-refractivity contribution < 1.29 is 25.2 Å². The number of aliphatic carboxylic acids is 1. The molecule has 0 radical (unpaired) electrons. The third-order valence-corrected chi connectivity index (χ3v) is 1.25. The lowest BCUT2D eigenvalue weighted by atomic mass is 10.0. The zero-order chi connectivity index (χ0) is 8.36. The number of hydrogen-bond acceptors (Lipinski definition) is 4. The summed E-state index contributed by atoms with van der Waals surface area (Å²) in [6, 6.07) is 0. The molecule has 0 bridgehead atoms.